The molecule has 3 rings (SSSR count). The zero-order valence-corrected chi connectivity index (χ0v) is 27.4. The maximum absolute atomic E-state index is 12.2. The van der Waals surface area contributed by atoms with E-state index >= 15 is 0 Å². The number of carbonyl (C=O) groups excluding carboxylic acids is 3. The number of ether oxygens (including phenoxy) is 4. The van der Waals surface area contributed by atoms with Crippen molar-refractivity contribution in [2.24, 2.45) is 0 Å². The van der Waals surface area contributed by atoms with Crippen LogP contribution < -0.4 is 25.7 Å². The maximum Gasteiger partial charge on any atom is 0.338 e. The smallest absolute Gasteiger partial charge is 0.338 e. The van der Waals surface area contributed by atoms with Crippen molar-refractivity contribution in [3.8, 4) is 17.2 Å². The van der Waals surface area contributed by atoms with Crippen LogP contribution in [0.15, 0.2) is 72.8 Å². The highest BCUT2D eigenvalue weighted by Gasteiger charge is 2.09. The minimum atomic E-state index is -0.502. The summed E-state index contributed by atoms with van der Waals surface area (Å²) in [7, 11) is 0. The van der Waals surface area contributed by atoms with Gasteiger partial charge >= 0.3 is 17.9 Å². The Hall–Kier alpha value is -4.79. The number of anilines is 2. The van der Waals surface area contributed by atoms with Crippen molar-refractivity contribution >= 4 is 35.4 Å². The molecule has 9 heteroatoms. The van der Waals surface area contributed by atoms with Crippen LogP contribution in [0.25, 0.3) is 6.08 Å². The Kier molecular flexibility index (Phi) is 16.5. The molecule has 4 N–H and O–H groups in total. The molecule has 0 fully saturated rings. The predicted octanol–water partition coefficient (Wildman–Crippen LogP) is 8.31. The van der Waals surface area contributed by atoms with Gasteiger partial charge in [-0.2, -0.15) is 0 Å². The van der Waals surface area contributed by atoms with Crippen LogP contribution in [0.1, 0.15) is 99.9 Å². The highest BCUT2D eigenvalue weighted by molar-refractivity contribution is 5.91. The topological polar surface area (TPSA) is 140 Å². The minimum absolute atomic E-state index is 0.274. The van der Waals surface area contributed by atoms with Gasteiger partial charge in [0.15, 0.2) is 0 Å². The van der Waals surface area contributed by atoms with Crippen molar-refractivity contribution < 1.29 is 33.3 Å². The number of rotatable bonds is 21. The number of nitrogen functional groups attached to an aromatic ring is 2. The van der Waals surface area contributed by atoms with Crippen LogP contribution in [0, 0.1) is 0 Å². The lowest BCUT2D eigenvalue weighted by Crippen LogP contribution is -2.07. The molecule has 0 aliphatic carbocycles. The molecule has 0 atom stereocenters. The van der Waals surface area contributed by atoms with Gasteiger partial charge in [-0.3, -0.25) is 4.79 Å². The molecule has 0 amide bonds. The van der Waals surface area contributed by atoms with Crippen LogP contribution in [0.2, 0.25) is 0 Å². The summed E-state index contributed by atoms with van der Waals surface area (Å²) >= 11 is 0. The van der Waals surface area contributed by atoms with Crippen molar-refractivity contribution in [3.63, 3.8) is 0 Å². The molecule has 3 aromatic rings. The lowest BCUT2D eigenvalue weighted by atomic mass is 10.1. The molecule has 0 aromatic heterocycles. The Labute approximate surface area is 278 Å². The van der Waals surface area contributed by atoms with Crippen molar-refractivity contribution in [2.75, 3.05) is 24.7 Å². The molecule has 0 aliphatic heterocycles. The normalized spacial score (nSPS) is 10.9. The van der Waals surface area contributed by atoms with E-state index in [1.165, 1.54) is 31.8 Å². The summed E-state index contributed by atoms with van der Waals surface area (Å²) in [5, 5.41) is 0. The molecule has 0 saturated heterocycles. The molecule has 0 unspecified atom stereocenters. The molecule has 252 valence electrons. The Morgan fingerprint density at radius 3 is 1.77 bits per heavy atom. The van der Waals surface area contributed by atoms with Gasteiger partial charge in [0.05, 0.1) is 18.8 Å². The van der Waals surface area contributed by atoms with Gasteiger partial charge in [-0.25, -0.2) is 9.59 Å². The van der Waals surface area contributed by atoms with Crippen LogP contribution >= 0.6 is 0 Å². The monoisotopic (exact) mass is 644 g/mol. The second-order valence-electron chi connectivity index (χ2n) is 11.4. The number of esters is 3. The highest BCUT2D eigenvalue weighted by Crippen LogP contribution is 2.20. The van der Waals surface area contributed by atoms with E-state index < -0.39 is 5.97 Å². The number of nitrogens with two attached hydrogens (primary N) is 2. The lowest BCUT2D eigenvalue weighted by molar-refractivity contribution is -0.134. The summed E-state index contributed by atoms with van der Waals surface area (Å²) in [6.07, 6.45) is 15.1. The Morgan fingerprint density at radius 1 is 0.638 bits per heavy atom. The zero-order chi connectivity index (χ0) is 33.7. The fraction of sp³-hybridized carbons (Fsp3) is 0.395. The lowest BCUT2D eigenvalue weighted by Gasteiger charge is -2.07. The van der Waals surface area contributed by atoms with Gasteiger partial charge in [-0.15, -0.1) is 0 Å². The van der Waals surface area contributed by atoms with Crippen LogP contribution in [0.4, 0.5) is 11.4 Å². The zero-order valence-electron chi connectivity index (χ0n) is 27.4. The minimum Gasteiger partial charge on any atom is -0.494 e. The fourth-order valence-electron chi connectivity index (χ4n) is 4.74. The van der Waals surface area contributed by atoms with Crippen LogP contribution in [-0.4, -0.2) is 31.1 Å². The van der Waals surface area contributed by atoms with Gasteiger partial charge in [-0.05, 0) is 85.5 Å². The largest absolute Gasteiger partial charge is 0.494 e. The third-order valence-electron chi connectivity index (χ3n) is 7.30. The van der Waals surface area contributed by atoms with E-state index in [0.717, 1.165) is 56.3 Å². The molecular formula is C38H48N2O7. The highest BCUT2D eigenvalue weighted by atomic mass is 16.5. The third kappa shape index (κ3) is 15.4. The van der Waals surface area contributed by atoms with Gasteiger partial charge in [-0.1, -0.05) is 70.4 Å². The summed E-state index contributed by atoms with van der Waals surface area (Å²) in [6.45, 7) is 3.08. The van der Waals surface area contributed by atoms with Gasteiger partial charge in [0.25, 0.3) is 0 Å². The first-order chi connectivity index (χ1) is 22.8. The molecule has 0 spiro atoms. The Morgan fingerprint density at radius 2 is 1.17 bits per heavy atom. The number of carbonyl (C=O) groups is 3. The first-order valence-corrected chi connectivity index (χ1v) is 16.6. The van der Waals surface area contributed by atoms with E-state index in [1.54, 1.807) is 48.5 Å². The molecule has 0 radical (unpaired) electrons. The quantitative estimate of drug-likeness (QED) is 0.0385. The number of hydrogen-bond donors (Lipinski definition) is 2. The summed E-state index contributed by atoms with van der Waals surface area (Å²) in [5.74, 6) is 0.420. The number of hydrogen-bond acceptors (Lipinski definition) is 9. The predicted molar refractivity (Wildman–Crippen MR) is 185 cm³/mol. The average Bonchev–Trinajstić information content (AvgIpc) is 3.05. The summed E-state index contributed by atoms with van der Waals surface area (Å²) < 4.78 is 21.8. The van der Waals surface area contributed by atoms with Crippen LogP contribution in [0.3, 0.4) is 0 Å². The van der Waals surface area contributed by atoms with Gasteiger partial charge in [0.2, 0.25) is 0 Å². The summed E-state index contributed by atoms with van der Waals surface area (Å²) in [6, 6.07) is 18.7. The van der Waals surface area contributed by atoms with Crippen molar-refractivity contribution in [1.82, 2.24) is 0 Å². The molecule has 47 heavy (non-hydrogen) atoms. The molecule has 3 aromatic carbocycles. The van der Waals surface area contributed by atoms with Gasteiger partial charge in [0, 0.05) is 23.9 Å². The molecule has 0 bridgehead atoms. The molecule has 0 aliphatic rings. The Bertz CT molecular complexity index is 1400. The molecule has 9 nitrogen and oxygen atoms in total. The molecular weight excluding hydrogens is 596 g/mol. The third-order valence-corrected chi connectivity index (χ3v) is 7.30. The fourth-order valence-corrected chi connectivity index (χ4v) is 4.74. The van der Waals surface area contributed by atoms with Crippen molar-refractivity contribution in [1.29, 1.82) is 0 Å². The van der Waals surface area contributed by atoms with E-state index in [2.05, 4.69) is 0 Å². The van der Waals surface area contributed by atoms with E-state index in [4.69, 9.17) is 30.4 Å². The number of benzene rings is 3. The maximum atomic E-state index is 12.2. The standard InChI is InChI=1S/C38H48N2O7/c1-2-3-13-36(41)46-34-19-21-35(22-20-34)47-37(42)23-16-29-14-17-33(18-15-29)44-24-11-9-7-5-4-6-8-10-12-25-45-38(43)30-26-31(39)28-32(40)27-30/h14-23,26-28H,2-13,24-25,39-40H2,1H3/b23-16+. The van der Waals surface area contributed by atoms with Crippen LogP contribution in [0.5, 0.6) is 17.2 Å². The van der Waals surface area contributed by atoms with Crippen molar-refractivity contribution in [3.05, 3.63) is 83.9 Å². The van der Waals surface area contributed by atoms with E-state index in [9.17, 15) is 14.4 Å². The van der Waals surface area contributed by atoms with E-state index in [0.29, 0.717) is 48.1 Å². The Balaban J connectivity index is 1.17. The van der Waals surface area contributed by atoms with Crippen LogP contribution in [-0.2, 0) is 14.3 Å². The summed E-state index contributed by atoms with van der Waals surface area (Å²) in [4.78, 5) is 36.0. The SMILES string of the molecule is CCCCC(=O)Oc1ccc(OC(=O)/C=C/c2ccc(OCCCCCCCCCCCOC(=O)c3cc(N)cc(N)c3)cc2)cc1. The van der Waals surface area contributed by atoms with Crippen molar-refractivity contribution in [2.45, 2.75) is 84.0 Å². The second-order valence-corrected chi connectivity index (χ2v) is 11.4. The first-order valence-electron chi connectivity index (χ1n) is 16.6. The molecule has 0 heterocycles. The van der Waals surface area contributed by atoms with E-state index in [1.807, 2.05) is 31.2 Å². The average molecular weight is 645 g/mol. The second kappa shape index (κ2) is 21.1. The van der Waals surface area contributed by atoms with Gasteiger partial charge in [0.1, 0.15) is 17.2 Å². The molecule has 0 saturated carbocycles. The first kappa shape index (κ1) is 36.7. The van der Waals surface area contributed by atoms with Gasteiger partial charge < -0.3 is 30.4 Å². The summed E-state index contributed by atoms with van der Waals surface area (Å²) in [5.41, 5.74) is 13.6. The number of unbranched alkanes of at least 4 members (excludes halogenated alkanes) is 9. The van der Waals surface area contributed by atoms with E-state index in [-0.39, 0.29) is 11.9 Å².